The van der Waals surface area contributed by atoms with Crippen LogP contribution in [-0.4, -0.2) is 29.1 Å². The third-order valence-electron chi connectivity index (χ3n) is 5.16. The van der Waals surface area contributed by atoms with Crippen molar-refractivity contribution in [2.45, 2.75) is 19.9 Å². The Hall–Kier alpha value is -3.60. The van der Waals surface area contributed by atoms with Crippen LogP contribution in [0.1, 0.15) is 27.3 Å². The van der Waals surface area contributed by atoms with Gasteiger partial charge < -0.3 is 14.6 Å². The summed E-state index contributed by atoms with van der Waals surface area (Å²) in [6.07, 6.45) is 0.649. The van der Waals surface area contributed by atoms with Crippen LogP contribution in [0.5, 0.6) is 5.75 Å². The van der Waals surface area contributed by atoms with E-state index in [4.69, 9.17) is 9.72 Å². The van der Waals surface area contributed by atoms with Crippen molar-refractivity contribution in [2.75, 3.05) is 13.7 Å². The molecule has 4 aromatic rings. The molecule has 4 rings (SSSR count). The molecule has 0 saturated heterocycles. The van der Waals surface area contributed by atoms with Crippen molar-refractivity contribution in [2.24, 2.45) is 0 Å². The molecule has 30 heavy (non-hydrogen) atoms. The summed E-state index contributed by atoms with van der Waals surface area (Å²) in [5.41, 5.74) is 5.13. The van der Waals surface area contributed by atoms with Crippen molar-refractivity contribution in [3.05, 3.63) is 95.3 Å². The zero-order chi connectivity index (χ0) is 20.9. The van der Waals surface area contributed by atoms with Crippen LogP contribution in [0.15, 0.2) is 72.8 Å². The van der Waals surface area contributed by atoms with Gasteiger partial charge in [0.2, 0.25) is 0 Å². The van der Waals surface area contributed by atoms with Gasteiger partial charge in [0.05, 0.1) is 18.1 Å². The minimum Gasteiger partial charge on any atom is -0.497 e. The molecule has 1 amide bonds. The topological polar surface area (TPSA) is 56.1 Å². The van der Waals surface area contributed by atoms with Crippen LogP contribution < -0.4 is 10.1 Å². The van der Waals surface area contributed by atoms with E-state index in [2.05, 4.69) is 47.1 Å². The minimum atomic E-state index is -0.116. The SMILES string of the molecule is COc1cccc(C(=O)NCCc2nc3ccccc3n2Cc2ccc(C)cc2)c1. The number of carbonyl (C=O) groups is 1. The molecule has 0 fully saturated rings. The third kappa shape index (κ3) is 4.35. The number of hydrogen-bond acceptors (Lipinski definition) is 3. The second-order valence-electron chi connectivity index (χ2n) is 7.33. The minimum absolute atomic E-state index is 0.116. The number of nitrogens with zero attached hydrogens (tertiary/aromatic N) is 2. The molecule has 5 nitrogen and oxygen atoms in total. The zero-order valence-corrected chi connectivity index (χ0v) is 17.3. The van der Waals surface area contributed by atoms with Crippen LogP contribution >= 0.6 is 0 Å². The van der Waals surface area contributed by atoms with E-state index in [0.717, 1.165) is 23.4 Å². The number of imidazole rings is 1. The van der Waals surface area contributed by atoms with Crippen molar-refractivity contribution in [1.82, 2.24) is 14.9 Å². The standard InChI is InChI=1S/C25H25N3O2/c1-18-10-12-19(13-11-18)17-28-23-9-4-3-8-22(23)27-24(28)14-15-26-25(29)20-6-5-7-21(16-20)30-2/h3-13,16H,14-15,17H2,1-2H3,(H,26,29). The van der Waals surface area contributed by atoms with Crippen molar-refractivity contribution in [1.29, 1.82) is 0 Å². The monoisotopic (exact) mass is 399 g/mol. The molecule has 1 heterocycles. The van der Waals surface area contributed by atoms with Gasteiger partial charge in [0, 0.05) is 25.1 Å². The molecule has 0 aliphatic rings. The number of fused-ring (bicyclic) bond motifs is 1. The van der Waals surface area contributed by atoms with Gasteiger partial charge in [-0.15, -0.1) is 0 Å². The summed E-state index contributed by atoms with van der Waals surface area (Å²) in [5.74, 6) is 1.51. The second-order valence-corrected chi connectivity index (χ2v) is 7.33. The van der Waals surface area contributed by atoms with E-state index in [9.17, 15) is 4.79 Å². The number of hydrogen-bond donors (Lipinski definition) is 1. The van der Waals surface area contributed by atoms with Gasteiger partial charge in [0.25, 0.3) is 5.91 Å². The molecule has 0 saturated carbocycles. The molecule has 0 radical (unpaired) electrons. The number of aryl methyl sites for hydroxylation is 1. The summed E-state index contributed by atoms with van der Waals surface area (Å²) in [6.45, 7) is 3.35. The molecule has 5 heteroatoms. The molecule has 0 aliphatic carbocycles. The summed E-state index contributed by atoms with van der Waals surface area (Å²) in [5, 5.41) is 2.99. The fourth-order valence-corrected chi connectivity index (χ4v) is 3.52. The average Bonchev–Trinajstić information content (AvgIpc) is 3.12. The number of amides is 1. The first-order valence-corrected chi connectivity index (χ1v) is 10.1. The second kappa shape index (κ2) is 8.82. The maximum Gasteiger partial charge on any atom is 0.251 e. The number of para-hydroxylation sites is 2. The lowest BCUT2D eigenvalue weighted by Gasteiger charge is -2.11. The van der Waals surface area contributed by atoms with Gasteiger partial charge in [-0.3, -0.25) is 4.79 Å². The first-order valence-electron chi connectivity index (χ1n) is 10.1. The maximum absolute atomic E-state index is 12.5. The molecule has 3 aromatic carbocycles. The Morgan fingerprint density at radius 2 is 1.83 bits per heavy atom. The highest BCUT2D eigenvalue weighted by molar-refractivity contribution is 5.94. The Labute approximate surface area is 176 Å². The molecule has 0 spiro atoms. The molecule has 0 aliphatic heterocycles. The van der Waals surface area contributed by atoms with E-state index in [1.54, 1.807) is 19.2 Å². The maximum atomic E-state index is 12.5. The Morgan fingerprint density at radius 1 is 1.03 bits per heavy atom. The predicted octanol–water partition coefficient (Wildman–Crippen LogP) is 4.37. The Bertz CT molecular complexity index is 1160. The lowest BCUT2D eigenvalue weighted by atomic mass is 10.1. The molecular weight excluding hydrogens is 374 g/mol. The van der Waals surface area contributed by atoms with Crippen LogP contribution in [0.4, 0.5) is 0 Å². The number of methoxy groups -OCH3 is 1. The van der Waals surface area contributed by atoms with Crippen LogP contribution in [0.3, 0.4) is 0 Å². The summed E-state index contributed by atoms with van der Waals surface area (Å²) in [6, 6.07) is 23.9. The smallest absolute Gasteiger partial charge is 0.251 e. The van der Waals surface area contributed by atoms with Gasteiger partial charge in [-0.2, -0.15) is 0 Å². The van der Waals surface area contributed by atoms with E-state index >= 15 is 0 Å². The van der Waals surface area contributed by atoms with Gasteiger partial charge in [-0.05, 0) is 42.8 Å². The van der Waals surface area contributed by atoms with Gasteiger partial charge in [0.15, 0.2) is 0 Å². The predicted molar refractivity (Wildman–Crippen MR) is 119 cm³/mol. The van der Waals surface area contributed by atoms with Crippen LogP contribution in [0, 0.1) is 6.92 Å². The number of rotatable bonds is 7. The first-order chi connectivity index (χ1) is 14.6. The van der Waals surface area contributed by atoms with Gasteiger partial charge in [-0.1, -0.05) is 48.0 Å². The Morgan fingerprint density at radius 3 is 2.63 bits per heavy atom. The zero-order valence-electron chi connectivity index (χ0n) is 17.3. The number of benzene rings is 3. The van der Waals surface area contributed by atoms with Crippen LogP contribution in [0.2, 0.25) is 0 Å². The van der Waals surface area contributed by atoms with Crippen molar-refractivity contribution >= 4 is 16.9 Å². The largest absolute Gasteiger partial charge is 0.497 e. The van der Waals surface area contributed by atoms with Gasteiger partial charge >= 0.3 is 0 Å². The summed E-state index contributed by atoms with van der Waals surface area (Å²) in [7, 11) is 1.59. The molecule has 0 atom stereocenters. The van der Waals surface area contributed by atoms with E-state index < -0.39 is 0 Å². The third-order valence-corrected chi connectivity index (χ3v) is 5.16. The number of carbonyl (C=O) groups excluding carboxylic acids is 1. The highest BCUT2D eigenvalue weighted by atomic mass is 16.5. The highest BCUT2D eigenvalue weighted by Gasteiger charge is 2.12. The number of ether oxygens (including phenoxy) is 1. The van der Waals surface area contributed by atoms with Gasteiger partial charge in [0.1, 0.15) is 11.6 Å². The first kappa shape index (κ1) is 19.7. The number of nitrogens with one attached hydrogen (secondary N) is 1. The number of aromatic nitrogens is 2. The lowest BCUT2D eigenvalue weighted by Crippen LogP contribution is -2.26. The van der Waals surface area contributed by atoms with Crippen LogP contribution in [-0.2, 0) is 13.0 Å². The molecule has 1 aromatic heterocycles. The van der Waals surface area contributed by atoms with E-state index in [-0.39, 0.29) is 5.91 Å². The normalized spacial score (nSPS) is 10.9. The summed E-state index contributed by atoms with van der Waals surface area (Å²) < 4.78 is 7.43. The van der Waals surface area contributed by atoms with E-state index in [1.165, 1.54) is 11.1 Å². The molecule has 0 unspecified atom stereocenters. The average molecular weight is 399 g/mol. The summed E-state index contributed by atoms with van der Waals surface area (Å²) in [4.78, 5) is 17.3. The molecule has 1 N–H and O–H groups in total. The lowest BCUT2D eigenvalue weighted by molar-refractivity contribution is 0.0953. The molecule has 0 bridgehead atoms. The fraction of sp³-hybridized carbons (Fsp3) is 0.200. The fourth-order valence-electron chi connectivity index (χ4n) is 3.52. The van der Waals surface area contributed by atoms with E-state index in [0.29, 0.717) is 24.3 Å². The Kier molecular flexibility index (Phi) is 5.80. The van der Waals surface area contributed by atoms with Gasteiger partial charge in [-0.25, -0.2) is 4.98 Å². The van der Waals surface area contributed by atoms with E-state index in [1.807, 2.05) is 30.3 Å². The van der Waals surface area contributed by atoms with Crippen molar-refractivity contribution < 1.29 is 9.53 Å². The highest BCUT2D eigenvalue weighted by Crippen LogP contribution is 2.19. The van der Waals surface area contributed by atoms with Crippen molar-refractivity contribution in [3.8, 4) is 5.75 Å². The Balaban J connectivity index is 1.50. The molecular formula is C25H25N3O2. The molecule has 152 valence electrons. The van der Waals surface area contributed by atoms with Crippen molar-refractivity contribution in [3.63, 3.8) is 0 Å². The quantitative estimate of drug-likeness (QED) is 0.502. The summed E-state index contributed by atoms with van der Waals surface area (Å²) >= 11 is 0. The van der Waals surface area contributed by atoms with Crippen LogP contribution in [0.25, 0.3) is 11.0 Å².